The molecule has 1 aliphatic carbocycles. The van der Waals surface area contributed by atoms with Crippen LogP contribution in [0, 0.1) is 0 Å². The van der Waals surface area contributed by atoms with Crippen LogP contribution in [0.25, 0.3) is 11.1 Å². The summed E-state index contributed by atoms with van der Waals surface area (Å²) in [7, 11) is 0. The average molecular weight is 496 g/mol. The van der Waals surface area contributed by atoms with Crippen LogP contribution in [0.4, 0.5) is 0 Å². The van der Waals surface area contributed by atoms with Crippen molar-refractivity contribution in [1.82, 2.24) is 4.90 Å². The van der Waals surface area contributed by atoms with Crippen LogP contribution in [0.15, 0.2) is 60.7 Å². The van der Waals surface area contributed by atoms with E-state index in [0.717, 1.165) is 61.4 Å². The third-order valence-electron chi connectivity index (χ3n) is 7.00. The van der Waals surface area contributed by atoms with E-state index in [-0.39, 0.29) is 25.2 Å². The van der Waals surface area contributed by atoms with Crippen LogP contribution >= 0.6 is 0 Å². The Morgan fingerprint density at radius 1 is 1.03 bits per heavy atom. The minimum absolute atomic E-state index is 0.0000518. The lowest BCUT2D eigenvalue weighted by Gasteiger charge is -2.36. The summed E-state index contributed by atoms with van der Waals surface area (Å²) in [5.74, 6) is -0.789. The monoisotopic (exact) mass is 495 g/mol. The molecule has 0 bridgehead atoms. The standard InChI is InChI=1S/C29H37NO6/c31-20-24-6-3-4-7-25(24)23-11-9-22(10-12-23)21-36-27-14-13-26(30-15-18-34-19-16-30)29(27)35-17-5-1-2-8-28(32)33/h1,3-7,9-12,26-27,29,31H,2,8,13-21H2,(H,32,33)/b5-1-/t26-,27+,29+/m0/s1. The molecule has 1 aliphatic heterocycles. The minimum Gasteiger partial charge on any atom is -0.481 e. The molecule has 7 heteroatoms. The van der Waals surface area contributed by atoms with E-state index in [1.807, 2.05) is 36.4 Å². The van der Waals surface area contributed by atoms with E-state index in [0.29, 0.717) is 25.7 Å². The third kappa shape index (κ3) is 7.24. The van der Waals surface area contributed by atoms with E-state index in [9.17, 15) is 9.90 Å². The van der Waals surface area contributed by atoms with Gasteiger partial charge in [-0.15, -0.1) is 0 Å². The molecule has 1 heterocycles. The van der Waals surface area contributed by atoms with Gasteiger partial charge in [0.15, 0.2) is 0 Å². The fourth-order valence-corrected chi connectivity index (χ4v) is 5.09. The van der Waals surface area contributed by atoms with E-state index in [1.165, 1.54) is 0 Å². The van der Waals surface area contributed by atoms with Gasteiger partial charge in [0.1, 0.15) is 0 Å². The quantitative estimate of drug-likeness (QED) is 0.430. The molecule has 36 heavy (non-hydrogen) atoms. The fourth-order valence-electron chi connectivity index (χ4n) is 5.09. The van der Waals surface area contributed by atoms with Crippen LogP contribution in [0.3, 0.4) is 0 Å². The number of carbonyl (C=O) groups is 1. The molecule has 2 aromatic carbocycles. The Balaban J connectivity index is 1.36. The molecule has 0 radical (unpaired) electrons. The lowest BCUT2D eigenvalue weighted by Crippen LogP contribution is -2.49. The summed E-state index contributed by atoms with van der Waals surface area (Å²) in [6, 6.07) is 16.5. The number of aliphatic hydroxyl groups is 1. The second-order valence-corrected chi connectivity index (χ2v) is 9.36. The molecule has 0 aromatic heterocycles. The molecular formula is C29H37NO6. The molecule has 0 unspecified atom stereocenters. The maximum absolute atomic E-state index is 10.7. The van der Waals surface area contributed by atoms with E-state index in [1.54, 1.807) is 0 Å². The van der Waals surface area contributed by atoms with E-state index < -0.39 is 5.97 Å². The van der Waals surface area contributed by atoms with Crippen molar-refractivity contribution < 1.29 is 29.2 Å². The van der Waals surface area contributed by atoms with E-state index in [4.69, 9.17) is 19.3 Å². The van der Waals surface area contributed by atoms with Gasteiger partial charge in [0, 0.05) is 25.6 Å². The number of benzene rings is 2. The highest BCUT2D eigenvalue weighted by Crippen LogP contribution is 2.31. The number of morpholine rings is 1. The summed E-state index contributed by atoms with van der Waals surface area (Å²) in [6.45, 7) is 4.28. The molecule has 4 rings (SSSR count). The number of carboxylic acid groups (broad SMARTS) is 1. The largest absolute Gasteiger partial charge is 0.481 e. The van der Waals surface area contributed by atoms with Gasteiger partial charge in [-0.05, 0) is 41.5 Å². The van der Waals surface area contributed by atoms with Gasteiger partial charge in [-0.2, -0.15) is 0 Å². The number of rotatable bonds is 12. The summed E-state index contributed by atoms with van der Waals surface area (Å²) in [6.07, 6.45) is 6.35. The van der Waals surface area contributed by atoms with Crippen molar-refractivity contribution in [1.29, 1.82) is 0 Å². The molecule has 3 atom stereocenters. The Bertz CT molecular complexity index is 986. The van der Waals surface area contributed by atoms with Gasteiger partial charge >= 0.3 is 5.97 Å². The van der Waals surface area contributed by atoms with Gasteiger partial charge in [0.25, 0.3) is 0 Å². The zero-order valence-electron chi connectivity index (χ0n) is 20.8. The number of hydrogen-bond donors (Lipinski definition) is 2. The Labute approximate surface area is 213 Å². The van der Waals surface area contributed by atoms with Crippen molar-refractivity contribution in [2.24, 2.45) is 0 Å². The van der Waals surface area contributed by atoms with Crippen molar-refractivity contribution >= 4 is 5.97 Å². The SMILES string of the molecule is O=C(O)CC/C=C\CO[C@H]1[C@H](OCc2ccc(-c3ccccc3CO)cc2)CC[C@@H]1N1CCOCC1. The highest BCUT2D eigenvalue weighted by atomic mass is 16.5. The molecular weight excluding hydrogens is 458 g/mol. The maximum atomic E-state index is 10.7. The van der Waals surface area contributed by atoms with Gasteiger partial charge in [-0.25, -0.2) is 0 Å². The van der Waals surface area contributed by atoms with Crippen LogP contribution in [0.5, 0.6) is 0 Å². The molecule has 2 aliphatic rings. The van der Waals surface area contributed by atoms with Crippen LogP contribution in [0.2, 0.25) is 0 Å². The number of ether oxygens (including phenoxy) is 3. The zero-order valence-corrected chi connectivity index (χ0v) is 20.8. The molecule has 1 saturated heterocycles. The Kier molecular flexibility index (Phi) is 10.1. The lowest BCUT2D eigenvalue weighted by atomic mass is 9.99. The molecule has 0 spiro atoms. The van der Waals surface area contributed by atoms with Crippen LogP contribution < -0.4 is 0 Å². The normalized spacial score (nSPS) is 22.9. The van der Waals surface area contributed by atoms with E-state index in [2.05, 4.69) is 29.2 Å². The van der Waals surface area contributed by atoms with Gasteiger partial charge in [-0.1, -0.05) is 60.7 Å². The molecule has 2 aromatic rings. The first-order valence-corrected chi connectivity index (χ1v) is 12.9. The van der Waals surface area contributed by atoms with Gasteiger partial charge in [-0.3, -0.25) is 9.69 Å². The van der Waals surface area contributed by atoms with Crippen molar-refractivity contribution in [3.05, 3.63) is 71.8 Å². The Morgan fingerprint density at radius 2 is 1.81 bits per heavy atom. The lowest BCUT2D eigenvalue weighted by molar-refractivity contribution is -0.136. The van der Waals surface area contributed by atoms with Crippen molar-refractivity contribution in [2.75, 3.05) is 32.9 Å². The number of hydrogen-bond acceptors (Lipinski definition) is 6. The van der Waals surface area contributed by atoms with Crippen LogP contribution in [0.1, 0.15) is 36.8 Å². The highest BCUT2D eigenvalue weighted by Gasteiger charge is 2.41. The zero-order chi connectivity index (χ0) is 25.2. The fraction of sp³-hybridized carbons (Fsp3) is 0.483. The smallest absolute Gasteiger partial charge is 0.303 e. The number of allylic oxidation sites excluding steroid dienone is 1. The number of aliphatic carboxylic acids is 1. The predicted octanol–water partition coefficient (Wildman–Crippen LogP) is 4.03. The second kappa shape index (κ2) is 13.7. The van der Waals surface area contributed by atoms with Crippen molar-refractivity contribution in [3.63, 3.8) is 0 Å². The van der Waals surface area contributed by atoms with Crippen LogP contribution in [-0.4, -0.2) is 72.2 Å². The first-order chi connectivity index (χ1) is 17.7. The average Bonchev–Trinajstić information content (AvgIpc) is 3.32. The van der Waals surface area contributed by atoms with E-state index >= 15 is 0 Å². The third-order valence-corrected chi connectivity index (χ3v) is 7.00. The van der Waals surface area contributed by atoms with Gasteiger partial charge < -0.3 is 24.4 Å². The molecule has 1 saturated carbocycles. The second-order valence-electron chi connectivity index (χ2n) is 9.36. The van der Waals surface area contributed by atoms with Crippen molar-refractivity contribution in [3.8, 4) is 11.1 Å². The highest BCUT2D eigenvalue weighted by molar-refractivity contribution is 5.67. The van der Waals surface area contributed by atoms with Crippen molar-refractivity contribution in [2.45, 2.75) is 57.1 Å². The number of carboxylic acids is 1. The summed E-state index contributed by atoms with van der Waals surface area (Å²) in [4.78, 5) is 13.2. The predicted molar refractivity (Wildman–Crippen MR) is 138 cm³/mol. The first-order valence-electron chi connectivity index (χ1n) is 12.9. The molecule has 2 fully saturated rings. The molecule has 0 amide bonds. The first kappa shape index (κ1) is 26.5. The minimum atomic E-state index is -0.789. The molecule has 2 N–H and O–H groups in total. The van der Waals surface area contributed by atoms with Gasteiger partial charge in [0.05, 0.1) is 45.2 Å². The maximum Gasteiger partial charge on any atom is 0.303 e. The molecule has 194 valence electrons. The number of aliphatic hydroxyl groups excluding tert-OH is 1. The summed E-state index contributed by atoms with van der Waals surface area (Å²) in [5.41, 5.74) is 4.13. The van der Waals surface area contributed by atoms with Crippen LogP contribution in [-0.2, 0) is 32.2 Å². The Morgan fingerprint density at radius 3 is 2.56 bits per heavy atom. The summed E-state index contributed by atoms with van der Waals surface area (Å²) < 4.78 is 18.3. The molecule has 7 nitrogen and oxygen atoms in total. The summed E-state index contributed by atoms with van der Waals surface area (Å²) in [5, 5.41) is 18.4. The number of nitrogens with zero attached hydrogens (tertiary/aromatic N) is 1. The van der Waals surface area contributed by atoms with Gasteiger partial charge in [0.2, 0.25) is 0 Å². The topological polar surface area (TPSA) is 88.5 Å². The summed E-state index contributed by atoms with van der Waals surface area (Å²) >= 11 is 0. The Hall–Kier alpha value is -2.55.